The van der Waals surface area contributed by atoms with Gasteiger partial charge >= 0.3 is 0 Å². The summed E-state index contributed by atoms with van der Waals surface area (Å²) >= 11 is 0. The van der Waals surface area contributed by atoms with Crippen molar-refractivity contribution in [1.29, 1.82) is 0 Å². The van der Waals surface area contributed by atoms with E-state index in [0.29, 0.717) is 41.5 Å². The number of nitrogens with zero attached hydrogens (tertiary/aromatic N) is 7. The second kappa shape index (κ2) is 8.85. The number of H-pyrrole nitrogens is 1. The van der Waals surface area contributed by atoms with Crippen molar-refractivity contribution in [2.24, 2.45) is 0 Å². The summed E-state index contributed by atoms with van der Waals surface area (Å²) in [5.41, 5.74) is 2.99. The maximum Gasteiger partial charge on any atom is 0.242 e. The monoisotopic (exact) mass is 447 g/mol. The molecule has 170 valence electrons. The van der Waals surface area contributed by atoms with Crippen LogP contribution in [0.2, 0.25) is 0 Å². The van der Waals surface area contributed by atoms with Gasteiger partial charge in [-0.2, -0.15) is 10.1 Å². The van der Waals surface area contributed by atoms with Crippen LogP contribution in [0.15, 0.2) is 35.1 Å². The van der Waals surface area contributed by atoms with E-state index in [9.17, 15) is 0 Å². The Morgan fingerprint density at radius 3 is 2.85 bits per heavy atom. The SMILES string of the molecule is CCOc1nccnc1-c1cc(C2CCCN2c2nc(C)cc(Nc3cc(C)[nH]n3)n2)on1. The molecule has 1 aliphatic rings. The molecule has 11 nitrogen and oxygen atoms in total. The smallest absolute Gasteiger partial charge is 0.242 e. The number of aryl methyl sites for hydroxylation is 2. The molecular weight excluding hydrogens is 422 g/mol. The van der Waals surface area contributed by atoms with Crippen LogP contribution in [0.3, 0.4) is 0 Å². The quantitative estimate of drug-likeness (QED) is 0.432. The first-order valence-electron chi connectivity index (χ1n) is 10.9. The van der Waals surface area contributed by atoms with Crippen LogP contribution in [0.1, 0.15) is 43.0 Å². The van der Waals surface area contributed by atoms with Crippen molar-refractivity contribution in [3.63, 3.8) is 0 Å². The lowest BCUT2D eigenvalue weighted by molar-refractivity contribution is 0.326. The molecule has 1 aliphatic heterocycles. The lowest BCUT2D eigenvalue weighted by atomic mass is 10.1. The molecule has 1 saturated heterocycles. The fourth-order valence-electron chi connectivity index (χ4n) is 3.96. The van der Waals surface area contributed by atoms with Crippen LogP contribution in [-0.2, 0) is 0 Å². The zero-order valence-corrected chi connectivity index (χ0v) is 18.7. The van der Waals surface area contributed by atoms with Crippen molar-refractivity contribution in [3.8, 4) is 17.3 Å². The normalized spacial score (nSPS) is 15.7. The third-order valence-electron chi connectivity index (χ3n) is 5.36. The number of nitrogens with one attached hydrogen (secondary N) is 2. The maximum absolute atomic E-state index is 5.75. The molecule has 11 heteroatoms. The Morgan fingerprint density at radius 1 is 1.15 bits per heavy atom. The number of rotatable bonds is 7. The first-order chi connectivity index (χ1) is 16.1. The Morgan fingerprint density at radius 2 is 2.03 bits per heavy atom. The molecule has 0 radical (unpaired) electrons. The van der Waals surface area contributed by atoms with Crippen molar-refractivity contribution >= 4 is 17.6 Å². The Kier molecular flexibility index (Phi) is 5.59. The van der Waals surface area contributed by atoms with Crippen LogP contribution < -0.4 is 15.0 Å². The first-order valence-corrected chi connectivity index (χ1v) is 10.9. The molecule has 0 spiro atoms. The summed E-state index contributed by atoms with van der Waals surface area (Å²) in [5, 5.41) is 14.6. The van der Waals surface area contributed by atoms with Crippen molar-refractivity contribution in [1.82, 2.24) is 35.3 Å². The van der Waals surface area contributed by atoms with E-state index in [2.05, 4.69) is 40.5 Å². The molecule has 4 aromatic heterocycles. The van der Waals surface area contributed by atoms with Gasteiger partial charge in [0.05, 0.1) is 12.6 Å². The average molecular weight is 448 g/mol. The summed E-state index contributed by atoms with van der Waals surface area (Å²) in [5.74, 6) is 3.21. The molecule has 0 bridgehead atoms. The van der Waals surface area contributed by atoms with E-state index >= 15 is 0 Å². The molecule has 5 heterocycles. The Hall–Kier alpha value is -4.02. The molecule has 0 aromatic carbocycles. The highest BCUT2D eigenvalue weighted by molar-refractivity contribution is 5.60. The minimum absolute atomic E-state index is 0.0271. The highest BCUT2D eigenvalue weighted by atomic mass is 16.5. The van der Waals surface area contributed by atoms with Crippen LogP contribution >= 0.6 is 0 Å². The fraction of sp³-hybridized carbons (Fsp3) is 0.364. The second-order valence-electron chi connectivity index (χ2n) is 7.86. The average Bonchev–Trinajstić information content (AvgIpc) is 3.54. The molecule has 0 aliphatic carbocycles. The van der Waals surface area contributed by atoms with Gasteiger partial charge in [-0.15, -0.1) is 0 Å². The van der Waals surface area contributed by atoms with E-state index in [0.717, 1.165) is 36.5 Å². The van der Waals surface area contributed by atoms with Gasteiger partial charge < -0.3 is 19.5 Å². The van der Waals surface area contributed by atoms with E-state index < -0.39 is 0 Å². The molecule has 2 N–H and O–H groups in total. The van der Waals surface area contributed by atoms with E-state index in [4.69, 9.17) is 14.2 Å². The molecule has 0 amide bonds. The Balaban J connectivity index is 1.41. The summed E-state index contributed by atoms with van der Waals surface area (Å²) < 4.78 is 11.3. The van der Waals surface area contributed by atoms with Crippen LogP contribution in [0.25, 0.3) is 11.4 Å². The molecule has 33 heavy (non-hydrogen) atoms. The molecule has 1 unspecified atom stereocenters. The van der Waals surface area contributed by atoms with Crippen molar-refractivity contribution in [3.05, 3.63) is 47.7 Å². The van der Waals surface area contributed by atoms with E-state index in [1.54, 1.807) is 12.4 Å². The van der Waals surface area contributed by atoms with Crippen LogP contribution in [0.4, 0.5) is 17.6 Å². The second-order valence-corrected chi connectivity index (χ2v) is 7.86. The van der Waals surface area contributed by atoms with E-state index in [1.165, 1.54) is 0 Å². The maximum atomic E-state index is 5.75. The summed E-state index contributed by atoms with van der Waals surface area (Å²) in [7, 11) is 0. The number of hydrogen-bond acceptors (Lipinski definition) is 10. The fourth-order valence-corrected chi connectivity index (χ4v) is 3.96. The molecule has 1 atom stereocenters. The highest BCUT2D eigenvalue weighted by Crippen LogP contribution is 2.37. The van der Waals surface area contributed by atoms with Crippen LogP contribution in [0, 0.1) is 13.8 Å². The lowest BCUT2D eigenvalue weighted by Gasteiger charge is -2.23. The molecule has 0 saturated carbocycles. The minimum atomic E-state index is -0.0271. The van der Waals surface area contributed by atoms with Gasteiger partial charge in [0, 0.05) is 48.5 Å². The standard InChI is InChI=1S/C22H25N9O2/c1-4-32-21-20(23-7-8-24-21)15-12-17(33-30-15)16-6-5-9-31(16)22-25-13(2)10-18(27-22)26-19-11-14(3)28-29-19/h7-8,10-12,16H,4-6,9H2,1-3H3,(H2,25,26,27,28,29). The van der Waals surface area contributed by atoms with Crippen molar-refractivity contribution < 1.29 is 9.26 Å². The summed E-state index contributed by atoms with van der Waals surface area (Å²) in [4.78, 5) is 20.2. The van der Waals surface area contributed by atoms with Gasteiger partial charge in [0.1, 0.15) is 11.5 Å². The zero-order valence-electron chi connectivity index (χ0n) is 18.7. The molecule has 4 aromatic rings. The van der Waals surface area contributed by atoms with Gasteiger partial charge in [0.25, 0.3) is 0 Å². The number of aromatic amines is 1. The molecular formula is C22H25N9O2. The van der Waals surface area contributed by atoms with Gasteiger partial charge in [-0.3, -0.25) is 5.10 Å². The predicted molar refractivity (Wildman–Crippen MR) is 121 cm³/mol. The van der Waals surface area contributed by atoms with E-state index in [-0.39, 0.29) is 6.04 Å². The van der Waals surface area contributed by atoms with Gasteiger partial charge in [0.2, 0.25) is 11.8 Å². The van der Waals surface area contributed by atoms with Gasteiger partial charge in [-0.1, -0.05) is 5.16 Å². The summed E-state index contributed by atoms with van der Waals surface area (Å²) in [6.45, 7) is 7.12. The Labute approximate surface area is 190 Å². The zero-order chi connectivity index (χ0) is 22.8. The molecule has 5 rings (SSSR count). The van der Waals surface area contributed by atoms with Gasteiger partial charge in [-0.25, -0.2) is 15.0 Å². The highest BCUT2D eigenvalue weighted by Gasteiger charge is 2.32. The number of hydrogen-bond donors (Lipinski definition) is 2. The van der Waals surface area contributed by atoms with Gasteiger partial charge in [-0.05, 0) is 33.6 Å². The van der Waals surface area contributed by atoms with Crippen molar-refractivity contribution in [2.75, 3.05) is 23.4 Å². The third-order valence-corrected chi connectivity index (χ3v) is 5.36. The third kappa shape index (κ3) is 4.34. The largest absolute Gasteiger partial charge is 0.476 e. The minimum Gasteiger partial charge on any atom is -0.476 e. The summed E-state index contributed by atoms with van der Waals surface area (Å²) in [6.07, 6.45) is 5.12. The predicted octanol–water partition coefficient (Wildman–Crippen LogP) is 3.75. The molecule has 1 fully saturated rings. The summed E-state index contributed by atoms with van der Waals surface area (Å²) in [6, 6.07) is 5.70. The number of aromatic nitrogens is 7. The topological polar surface area (TPSA) is 131 Å². The van der Waals surface area contributed by atoms with Crippen LogP contribution in [0.5, 0.6) is 5.88 Å². The van der Waals surface area contributed by atoms with E-state index in [1.807, 2.05) is 39.0 Å². The number of anilines is 3. The van der Waals surface area contributed by atoms with Crippen molar-refractivity contribution in [2.45, 2.75) is 39.7 Å². The Bertz CT molecular complexity index is 1250. The van der Waals surface area contributed by atoms with Gasteiger partial charge in [0.15, 0.2) is 17.3 Å². The number of ether oxygens (including phenoxy) is 1. The van der Waals surface area contributed by atoms with Crippen LogP contribution in [-0.4, -0.2) is 48.4 Å². The first kappa shape index (κ1) is 20.9. The lowest BCUT2D eigenvalue weighted by Crippen LogP contribution is -2.25.